The van der Waals surface area contributed by atoms with Gasteiger partial charge in [0.1, 0.15) is 5.82 Å². The number of sulfonamides is 1. The van der Waals surface area contributed by atoms with Crippen LogP contribution in [0.3, 0.4) is 0 Å². The number of benzene rings is 2. The molecule has 1 N–H and O–H groups in total. The maximum Gasteiger partial charge on any atom is 0.337 e. The lowest BCUT2D eigenvalue weighted by atomic mass is 10.1. The number of piperazine rings is 1. The summed E-state index contributed by atoms with van der Waals surface area (Å²) < 4.78 is 66.7. The van der Waals surface area contributed by atoms with Crippen molar-refractivity contribution in [1.29, 1.82) is 0 Å². The Kier molecular flexibility index (Phi) is 9.50. The molecule has 2 aromatic carbocycles. The summed E-state index contributed by atoms with van der Waals surface area (Å²) in [6.45, 7) is 3.03. The van der Waals surface area contributed by atoms with E-state index in [2.05, 4.69) is 9.64 Å². The third-order valence-electron chi connectivity index (χ3n) is 5.89. The van der Waals surface area contributed by atoms with Gasteiger partial charge in [-0.1, -0.05) is 30.3 Å². The molecule has 0 aliphatic carbocycles. The minimum Gasteiger partial charge on any atom is -0.465 e. The minimum absolute atomic E-state index is 0.0694. The van der Waals surface area contributed by atoms with Gasteiger partial charge in [-0.15, -0.1) is 0 Å². The Morgan fingerprint density at radius 3 is 2.43 bits per heavy atom. The summed E-state index contributed by atoms with van der Waals surface area (Å²) in [7, 11) is -1.96. The molecule has 1 aliphatic heterocycles. The zero-order valence-corrected chi connectivity index (χ0v) is 21.4. The fourth-order valence-corrected chi connectivity index (χ4v) is 5.26. The van der Waals surface area contributed by atoms with Gasteiger partial charge >= 0.3 is 5.97 Å². The largest absolute Gasteiger partial charge is 0.465 e. The van der Waals surface area contributed by atoms with Crippen molar-refractivity contribution in [3.8, 4) is 0 Å². The molecule has 2 aromatic rings. The van der Waals surface area contributed by atoms with E-state index in [4.69, 9.17) is 0 Å². The number of esters is 1. The van der Waals surface area contributed by atoms with E-state index < -0.39 is 33.1 Å². The smallest absolute Gasteiger partial charge is 0.337 e. The predicted octanol–water partition coefficient (Wildman–Crippen LogP) is 1.87. The fourth-order valence-electron chi connectivity index (χ4n) is 3.94. The van der Waals surface area contributed by atoms with Gasteiger partial charge in [-0.3, -0.25) is 9.45 Å². The Morgan fingerprint density at radius 2 is 1.83 bits per heavy atom. The maximum absolute atomic E-state index is 14.4. The van der Waals surface area contributed by atoms with Crippen molar-refractivity contribution < 1.29 is 31.1 Å². The van der Waals surface area contributed by atoms with Gasteiger partial charge in [0.05, 0.1) is 18.9 Å². The van der Waals surface area contributed by atoms with E-state index in [0.717, 1.165) is 17.2 Å². The number of methoxy groups -OCH3 is 1. The van der Waals surface area contributed by atoms with Crippen LogP contribution in [0.1, 0.15) is 27.0 Å². The van der Waals surface area contributed by atoms with Gasteiger partial charge in [-0.2, -0.15) is 8.61 Å². The summed E-state index contributed by atoms with van der Waals surface area (Å²) in [6, 6.07) is 11.7. The monoisotopic (exact) mass is 527 g/mol. The van der Waals surface area contributed by atoms with Gasteiger partial charge < -0.3 is 4.74 Å². The van der Waals surface area contributed by atoms with Crippen molar-refractivity contribution in [1.82, 2.24) is 13.5 Å². The highest BCUT2D eigenvalue weighted by atomic mass is 32.2. The molecule has 0 spiro atoms. The molecule has 35 heavy (non-hydrogen) atoms. The van der Waals surface area contributed by atoms with Crippen LogP contribution in [0.25, 0.3) is 0 Å². The second-order valence-corrected chi connectivity index (χ2v) is 11.4. The standard InChI is InChI=1S/C23H30FN3O6S2/c1-33-23(28)20-6-7-21(22(24)15-20)17-26(34(29)30)9-8-18-4-3-5-19(14-18)16-25-10-12-27(13-11-25)35(2,31)32/h3-7,14-15H,8-13,16-17H2,1-2H3,(H,29,30). The number of hydrogen-bond donors (Lipinski definition) is 1. The number of ether oxygens (including phenoxy) is 1. The lowest BCUT2D eigenvalue weighted by Crippen LogP contribution is -2.47. The SMILES string of the molecule is COC(=O)c1ccc(CN(CCc2cccc(CN3CCN(S(C)(=O)=O)CC3)c2)S(=O)O)c(F)c1. The molecule has 1 aliphatic rings. The van der Waals surface area contributed by atoms with Gasteiger partial charge in [0, 0.05) is 51.4 Å². The molecule has 0 radical (unpaired) electrons. The quantitative estimate of drug-likeness (QED) is 0.371. The zero-order chi connectivity index (χ0) is 25.6. The van der Waals surface area contributed by atoms with Crippen LogP contribution in [0.5, 0.6) is 0 Å². The van der Waals surface area contributed by atoms with E-state index in [1.54, 1.807) is 0 Å². The van der Waals surface area contributed by atoms with E-state index in [0.29, 0.717) is 39.1 Å². The summed E-state index contributed by atoms with van der Waals surface area (Å²) in [5.41, 5.74) is 2.30. The number of hydrogen-bond acceptors (Lipinski definition) is 6. The molecule has 9 nitrogen and oxygen atoms in total. The third-order valence-corrected chi connectivity index (χ3v) is 7.95. The summed E-state index contributed by atoms with van der Waals surface area (Å²) in [4.78, 5) is 13.7. The maximum atomic E-state index is 14.4. The molecule has 1 saturated heterocycles. The zero-order valence-electron chi connectivity index (χ0n) is 19.7. The van der Waals surface area contributed by atoms with Crippen molar-refractivity contribution in [3.05, 3.63) is 70.5 Å². The van der Waals surface area contributed by atoms with Crippen LogP contribution in [0.15, 0.2) is 42.5 Å². The van der Waals surface area contributed by atoms with Crippen molar-refractivity contribution in [2.75, 3.05) is 46.1 Å². The Labute approximate surface area is 207 Å². The van der Waals surface area contributed by atoms with E-state index >= 15 is 0 Å². The number of nitrogens with zero attached hydrogens (tertiary/aromatic N) is 3. The third kappa shape index (κ3) is 7.89. The molecule has 1 heterocycles. The minimum atomic E-state index is -3.17. The fraction of sp³-hybridized carbons (Fsp3) is 0.435. The molecule has 0 bridgehead atoms. The van der Waals surface area contributed by atoms with Gasteiger partial charge in [0.25, 0.3) is 0 Å². The first-order valence-electron chi connectivity index (χ1n) is 11.0. The van der Waals surface area contributed by atoms with Crippen LogP contribution < -0.4 is 0 Å². The summed E-state index contributed by atoms with van der Waals surface area (Å²) in [5.74, 6) is -1.31. The van der Waals surface area contributed by atoms with Crippen LogP contribution in [-0.2, 0) is 45.5 Å². The highest BCUT2D eigenvalue weighted by Gasteiger charge is 2.23. The number of rotatable bonds is 10. The van der Waals surface area contributed by atoms with Gasteiger partial charge in [-0.25, -0.2) is 21.8 Å². The van der Waals surface area contributed by atoms with Crippen LogP contribution in [0.2, 0.25) is 0 Å². The molecule has 1 unspecified atom stereocenters. The predicted molar refractivity (Wildman–Crippen MR) is 131 cm³/mol. The number of carbonyl (C=O) groups is 1. The topological polar surface area (TPSA) is 107 Å². The number of halogens is 1. The average molecular weight is 528 g/mol. The Hall–Kier alpha value is -2.22. The highest BCUT2D eigenvalue weighted by molar-refractivity contribution is 7.88. The molecule has 12 heteroatoms. The van der Waals surface area contributed by atoms with Gasteiger partial charge in [0.15, 0.2) is 0 Å². The summed E-state index contributed by atoms with van der Waals surface area (Å²) >= 11 is -2.31. The van der Waals surface area contributed by atoms with Crippen molar-refractivity contribution >= 4 is 27.3 Å². The molecule has 0 amide bonds. The van der Waals surface area contributed by atoms with Crippen LogP contribution >= 0.6 is 0 Å². The van der Waals surface area contributed by atoms with Gasteiger partial charge in [0.2, 0.25) is 21.3 Å². The lowest BCUT2D eigenvalue weighted by Gasteiger charge is -2.33. The molecule has 0 aromatic heterocycles. The Bertz CT molecular complexity index is 1170. The average Bonchev–Trinajstić information content (AvgIpc) is 2.82. The number of carbonyl (C=O) groups excluding carboxylic acids is 1. The van der Waals surface area contributed by atoms with Crippen LogP contribution in [0.4, 0.5) is 4.39 Å². The molecule has 192 valence electrons. The second-order valence-electron chi connectivity index (χ2n) is 8.40. The van der Waals surface area contributed by atoms with E-state index in [-0.39, 0.29) is 24.2 Å². The first kappa shape index (κ1) is 27.4. The molecule has 3 rings (SSSR count). The molecular weight excluding hydrogens is 497 g/mol. The molecule has 0 saturated carbocycles. The normalized spacial score (nSPS) is 16.4. The Balaban J connectivity index is 1.58. The highest BCUT2D eigenvalue weighted by Crippen LogP contribution is 2.17. The van der Waals surface area contributed by atoms with Crippen molar-refractivity contribution in [3.63, 3.8) is 0 Å². The molecular formula is C23H30FN3O6S2. The first-order chi connectivity index (χ1) is 16.6. The summed E-state index contributed by atoms with van der Waals surface area (Å²) in [5, 5.41) is 0. The van der Waals surface area contributed by atoms with Crippen molar-refractivity contribution in [2.45, 2.75) is 19.5 Å². The molecule has 1 atom stereocenters. The first-order valence-corrected chi connectivity index (χ1v) is 14.0. The summed E-state index contributed by atoms with van der Waals surface area (Å²) in [6.07, 6.45) is 1.70. The van der Waals surface area contributed by atoms with Crippen molar-refractivity contribution in [2.24, 2.45) is 0 Å². The second kappa shape index (κ2) is 12.2. The van der Waals surface area contributed by atoms with Crippen LogP contribution in [-0.4, -0.2) is 82.7 Å². The van der Waals surface area contributed by atoms with Gasteiger partial charge in [-0.05, 0) is 29.7 Å². The van der Waals surface area contributed by atoms with Crippen LogP contribution in [0, 0.1) is 5.82 Å². The van der Waals surface area contributed by atoms with E-state index in [9.17, 15) is 26.4 Å². The van der Waals surface area contributed by atoms with E-state index in [1.807, 2.05) is 24.3 Å². The lowest BCUT2D eigenvalue weighted by molar-refractivity contribution is 0.0600. The van der Waals surface area contributed by atoms with E-state index in [1.165, 1.54) is 34.1 Å². The molecule has 1 fully saturated rings. The Morgan fingerprint density at radius 1 is 1.14 bits per heavy atom.